The number of aromatic hydroxyl groups is 1. The van der Waals surface area contributed by atoms with Crippen LogP contribution < -0.4 is 24.3 Å². The molecule has 0 fully saturated rings. The van der Waals surface area contributed by atoms with Gasteiger partial charge in [0.15, 0.2) is 23.0 Å². The number of aromatic nitrogens is 1. The number of carbonyl (C=O) groups excluding carboxylic acids is 1. The number of carbonyl (C=O) groups is 1. The SMILES string of the molecule is COc1cc(C=Cc2cc(O)c(OC)c(NC(=O)/C=C/c3c[nH]c4ccccc34)c2)cc(OC)c1OC. The molecule has 3 N–H and O–H groups in total. The quantitative estimate of drug-likeness (QED) is 0.200. The van der Waals surface area contributed by atoms with Gasteiger partial charge in [0.2, 0.25) is 11.7 Å². The standard InChI is InChI=1S/C29H28N2O6/c1-34-25-15-19(16-26(35-2)29(25)37-4)10-9-18-13-23(28(36-3)24(32)14-18)31-27(33)12-11-20-17-30-22-8-6-5-7-21(20)22/h5-17,30,32H,1-4H3,(H,31,33)/b10-9?,12-11+. The number of phenolic OH excluding ortho intramolecular Hbond substituents is 1. The second-order valence-electron chi connectivity index (χ2n) is 8.03. The average Bonchev–Trinajstić information content (AvgIpc) is 3.33. The summed E-state index contributed by atoms with van der Waals surface area (Å²) in [6, 6.07) is 14.7. The Morgan fingerprint density at radius 1 is 0.838 bits per heavy atom. The molecule has 4 rings (SSSR count). The largest absolute Gasteiger partial charge is 0.504 e. The van der Waals surface area contributed by atoms with Gasteiger partial charge in [-0.2, -0.15) is 0 Å². The summed E-state index contributed by atoms with van der Waals surface area (Å²) < 4.78 is 21.5. The van der Waals surface area contributed by atoms with Crippen LogP contribution in [0.2, 0.25) is 0 Å². The van der Waals surface area contributed by atoms with E-state index in [-0.39, 0.29) is 17.4 Å². The van der Waals surface area contributed by atoms with Crippen molar-refractivity contribution < 1.29 is 28.8 Å². The Labute approximate surface area is 214 Å². The topological polar surface area (TPSA) is 102 Å². The molecule has 8 nitrogen and oxygen atoms in total. The van der Waals surface area contributed by atoms with E-state index in [0.29, 0.717) is 28.5 Å². The summed E-state index contributed by atoms with van der Waals surface area (Å²) in [7, 11) is 6.07. The van der Waals surface area contributed by atoms with Crippen molar-refractivity contribution in [1.82, 2.24) is 4.98 Å². The third-order valence-electron chi connectivity index (χ3n) is 5.74. The van der Waals surface area contributed by atoms with Crippen LogP contribution in [0.3, 0.4) is 0 Å². The molecule has 0 saturated carbocycles. The Kier molecular flexibility index (Phi) is 7.68. The summed E-state index contributed by atoms with van der Waals surface area (Å²) in [5, 5.41) is 14.3. The zero-order chi connectivity index (χ0) is 26.4. The molecule has 0 aliphatic rings. The van der Waals surface area contributed by atoms with Crippen LogP contribution in [-0.4, -0.2) is 44.4 Å². The molecular weight excluding hydrogens is 472 g/mol. The van der Waals surface area contributed by atoms with Crippen molar-refractivity contribution in [1.29, 1.82) is 0 Å². The van der Waals surface area contributed by atoms with E-state index in [4.69, 9.17) is 18.9 Å². The van der Waals surface area contributed by atoms with Crippen LogP contribution in [-0.2, 0) is 4.79 Å². The van der Waals surface area contributed by atoms with Crippen molar-refractivity contribution in [2.45, 2.75) is 0 Å². The fourth-order valence-electron chi connectivity index (χ4n) is 4.00. The molecule has 0 bridgehead atoms. The second-order valence-corrected chi connectivity index (χ2v) is 8.03. The highest BCUT2D eigenvalue weighted by atomic mass is 16.5. The van der Waals surface area contributed by atoms with Gasteiger partial charge >= 0.3 is 0 Å². The molecule has 0 unspecified atom stereocenters. The molecule has 4 aromatic rings. The highest BCUT2D eigenvalue weighted by molar-refractivity contribution is 6.04. The van der Waals surface area contributed by atoms with Crippen LogP contribution in [0.1, 0.15) is 16.7 Å². The number of anilines is 1. The Hall–Kier alpha value is -4.85. The first kappa shape index (κ1) is 25.2. The summed E-state index contributed by atoms with van der Waals surface area (Å²) in [4.78, 5) is 15.9. The van der Waals surface area contributed by atoms with Crippen molar-refractivity contribution in [2.75, 3.05) is 33.8 Å². The first-order valence-corrected chi connectivity index (χ1v) is 11.4. The maximum Gasteiger partial charge on any atom is 0.248 e. The van der Waals surface area contributed by atoms with Crippen LogP contribution in [0.4, 0.5) is 5.69 Å². The van der Waals surface area contributed by atoms with E-state index in [1.807, 2.05) is 36.5 Å². The molecule has 37 heavy (non-hydrogen) atoms. The van der Waals surface area contributed by atoms with Crippen LogP contribution in [0.5, 0.6) is 28.7 Å². The highest BCUT2D eigenvalue weighted by Gasteiger charge is 2.14. The number of ether oxygens (including phenoxy) is 4. The molecule has 3 aromatic carbocycles. The van der Waals surface area contributed by atoms with E-state index in [1.165, 1.54) is 13.2 Å². The number of amides is 1. The number of hydrogen-bond acceptors (Lipinski definition) is 6. The number of phenols is 1. The van der Waals surface area contributed by atoms with E-state index in [2.05, 4.69) is 10.3 Å². The third-order valence-corrected chi connectivity index (χ3v) is 5.74. The van der Waals surface area contributed by atoms with Crippen LogP contribution in [0.25, 0.3) is 29.1 Å². The van der Waals surface area contributed by atoms with Crippen molar-refractivity contribution in [2.24, 2.45) is 0 Å². The Morgan fingerprint density at radius 2 is 1.49 bits per heavy atom. The Balaban J connectivity index is 1.58. The molecule has 0 aliphatic heterocycles. The van der Waals surface area contributed by atoms with Gasteiger partial charge in [-0.1, -0.05) is 30.4 Å². The van der Waals surface area contributed by atoms with Gasteiger partial charge in [-0.15, -0.1) is 0 Å². The van der Waals surface area contributed by atoms with Gasteiger partial charge in [-0.3, -0.25) is 4.79 Å². The molecule has 0 aliphatic carbocycles. The van der Waals surface area contributed by atoms with Crippen molar-refractivity contribution in [3.63, 3.8) is 0 Å². The monoisotopic (exact) mass is 500 g/mol. The van der Waals surface area contributed by atoms with Gasteiger partial charge in [0.25, 0.3) is 0 Å². The summed E-state index contributed by atoms with van der Waals surface area (Å²) in [5.74, 6) is 1.23. The predicted octanol–water partition coefficient (Wildman–Crippen LogP) is 5.73. The van der Waals surface area contributed by atoms with Crippen molar-refractivity contribution in [3.05, 3.63) is 77.5 Å². The smallest absolute Gasteiger partial charge is 0.248 e. The molecule has 0 atom stereocenters. The number of rotatable bonds is 9. The summed E-state index contributed by atoms with van der Waals surface area (Å²) in [5.41, 5.74) is 3.64. The molecule has 0 radical (unpaired) electrons. The number of aromatic amines is 1. The normalized spacial score (nSPS) is 11.2. The van der Waals surface area contributed by atoms with E-state index in [9.17, 15) is 9.90 Å². The number of para-hydroxylation sites is 1. The van der Waals surface area contributed by atoms with Crippen LogP contribution in [0.15, 0.2) is 60.8 Å². The fourth-order valence-corrected chi connectivity index (χ4v) is 4.00. The van der Waals surface area contributed by atoms with E-state index in [1.54, 1.807) is 57.7 Å². The van der Waals surface area contributed by atoms with Gasteiger partial charge in [0, 0.05) is 23.2 Å². The second kappa shape index (κ2) is 11.3. The van der Waals surface area contributed by atoms with Gasteiger partial charge in [0.05, 0.1) is 34.1 Å². The van der Waals surface area contributed by atoms with Gasteiger partial charge in [-0.05, 0) is 53.1 Å². The molecule has 8 heteroatoms. The number of hydrogen-bond donors (Lipinski definition) is 3. The fraction of sp³-hybridized carbons (Fsp3) is 0.138. The summed E-state index contributed by atoms with van der Waals surface area (Å²) >= 11 is 0. The van der Waals surface area contributed by atoms with Gasteiger partial charge in [0.1, 0.15) is 0 Å². The zero-order valence-electron chi connectivity index (χ0n) is 21.0. The summed E-state index contributed by atoms with van der Waals surface area (Å²) in [6.45, 7) is 0. The van der Waals surface area contributed by atoms with Crippen molar-refractivity contribution in [3.8, 4) is 28.7 Å². The number of benzene rings is 3. The lowest BCUT2D eigenvalue weighted by molar-refractivity contribution is -0.111. The highest BCUT2D eigenvalue weighted by Crippen LogP contribution is 2.39. The van der Waals surface area contributed by atoms with Crippen molar-refractivity contribution >= 4 is 40.7 Å². The molecular formula is C29H28N2O6. The molecule has 0 saturated heterocycles. The lowest BCUT2D eigenvalue weighted by atomic mass is 10.1. The predicted molar refractivity (Wildman–Crippen MR) is 146 cm³/mol. The van der Waals surface area contributed by atoms with E-state index >= 15 is 0 Å². The first-order chi connectivity index (χ1) is 18.0. The number of nitrogens with one attached hydrogen (secondary N) is 2. The maximum absolute atomic E-state index is 12.7. The Bertz CT molecular complexity index is 1460. The average molecular weight is 501 g/mol. The molecule has 190 valence electrons. The number of methoxy groups -OCH3 is 4. The van der Waals surface area contributed by atoms with Crippen LogP contribution >= 0.6 is 0 Å². The molecule has 1 heterocycles. The third kappa shape index (κ3) is 5.54. The minimum atomic E-state index is -0.367. The number of fused-ring (bicyclic) bond motifs is 1. The lowest BCUT2D eigenvalue weighted by Crippen LogP contribution is -2.09. The molecule has 1 aromatic heterocycles. The zero-order valence-corrected chi connectivity index (χ0v) is 21.0. The molecule has 1 amide bonds. The van der Waals surface area contributed by atoms with Gasteiger partial charge in [-0.25, -0.2) is 0 Å². The minimum Gasteiger partial charge on any atom is -0.504 e. The molecule has 0 spiro atoms. The maximum atomic E-state index is 12.7. The van der Waals surface area contributed by atoms with Crippen LogP contribution in [0, 0.1) is 0 Å². The van der Waals surface area contributed by atoms with E-state index < -0.39 is 0 Å². The van der Waals surface area contributed by atoms with E-state index in [0.717, 1.165) is 22.0 Å². The number of H-pyrrole nitrogens is 1. The summed E-state index contributed by atoms with van der Waals surface area (Å²) in [6.07, 6.45) is 8.63. The van der Waals surface area contributed by atoms with Gasteiger partial charge < -0.3 is 34.4 Å². The first-order valence-electron chi connectivity index (χ1n) is 11.4. The Morgan fingerprint density at radius 3 is 2.14 bits per heavy atom. The lowest BCUT2D eigenvalue weighted by Gasteiger charge is -2.13. The minimum absolute atomic E-state index is 0.106.